The van der Waals surface area contributed by atoms with Gasteiger partial charge in [0.1, 0.15) is 11.6 Å². The zero-order chi connectivity index (χ0) is 24.5. The summed E-state index contributed by atoms with van der Waals surface area (Å²) >= 11 is 1.51. The molecule has 1 aliphatic heterocycles. The van der Waals surface area contributed by atoms with Crippen molar-refractivity contribution in [3.63, 3.8) is 0 Å². The largest absolute Gasteiger partial charge is 0.494 e. The number of fused-ring (bicyclic) bond motifs is 2. The van der Waals surface area contributed by atoms with Gasteiger partial charge in [-0.25, -0.2) is 4.98 Å². The number of anilines is 1. The maximum Gasteiger partial charge on any atom is 0.226 e. The van der Waals surface area contributed by atoms with Gasteiger partial charge in [-0.2, -0.15) is 9.78 Å². The highest BCUT2D eigenvalue weighted by molar-refractivity contribution is 7.20. The van der Waals surface area contributed by atoms with Crippen LogP contribution >= 0.6 is 11.3 Å². The molecule has 2 aromatic heterocycles. The van der Waals surface area contributed by atoms with E-state index in [4.69, 9.17) is 24.3 Å². The minimum absolute atomic E-state index is 0.0762. The van der Waals surface area contributed by atoms with Crippen LogP contribution in [0.4, 0.5) is 5.82 Å². The van der Waals surface area contributed by atoms with Gasteiger partial charge in [-0.15, -0.1) is 0 Å². The van der Waals surface area contributed by atoms with E-state index in [1.54, 1.807) is 11.8 Å². The molecule has 3 heterocycles. The third-order valence-corrected chi connectivity index (χ3v) is 6.99. The van der Waals surface area contributed by atoms with Crippen molar-refractivity contribution < 1.29 is 19.0 Å². The summed E-state index contributed by atoms with van der Waals surface area (Å²) < 4.78 is 20.1. The van der Waals surface area contributed by atoms with Crippen molar-refractivity contribution in [2.75, 3.05) is 25.6 Å². The summed E-state index contributed by atoms with van der Waals surface area (Å²) in [6.07, 6.45) is 1.17. The zero-order valence-electron chi connectivity index (χ0n) is 20.3. The number of ether oxygens (including phenoxy) is 3. The molecule has 1 atom stereocenters. The van der Waals surface area contributed by atoms with Crippen molar-refractivity contribution in [2.45, 2.75) is 39.5 Å². The summed E-state index contributed by atoms with van der Waals surface area (Å²) in [5.41, 5.74) is 3.58. The first-order valence-corrected chi connectivity index (χ1v) is 12.6. The molecule has 0 aliphatic carbocycles. The van der Waals surface area contributed by atoms with Crippen LogP contribution in [0, 0.1) is 6.92 Å². The Morgan fingerprint density at radius 2 is 2.06 bits per heavy atom. The highest BCUT2D eigenvalue weighted by Gasteiger charge is 2.35. The molecular weight excluding hydrogens is 464 g/mol. The van der Waals surface area contributed by atoms with Gasteiger partial charge >= 0.3 is 0 Å². The average Bonchev–Trinajstić information content (AvgIpc) is 3.42. The van der Waals surface area contributed by atoms with E-state index in [1.165, 1.54) is 11.3 Å². The second kappa shape index (κ2) is 9.58. The minimum Gasteiger partial charge on any atom is -0.494 e. The molecule has 9 heteroatoms. The first-order valence-electron chi connectivity index (χ1n) is 11.8. The van der Waals surface area contributed by atoms with Crippen molar-refractivity contribution in [1.29, 1.82) is 0 Å². The highest BCUT2D eigenvalue weighted by atomic mass is 32.1. The Hall–Kier alpha value is -3.59. The molecule has 4 aromatic rings. The Bertz CT molecular complexity index is 1390. The van der Waals surface area contributed by atoms with Crippen LogP contribution < -0.4 is 19.5 Å². The van der Waals surface area contributed by atoms with Crippen LogP contribution in [0.5, 0.6) is 17.2 Å². The number of rotatable bonds is 8. The van der Waals surface area contributed by atoms with Gasteiger partial charge in [-0.3, -0.25) is 4.79 Å². The first-order chi connectivity index (χ1) is 17.0. The Balaban J connectivity index is 1.62. The van der Waals surface area contributed by atoms with Gasteiger partial charge in [-0.1, -0.05) is 30.4 Å². The highest BCUT2D eigenvalue weighted by Crippen LogP contribution is 2.46. The number of thiazole rings is 1. The first kappa shape index (κ1) is 23.2. The monoisotopic (exact) mass is 492 g/mol. The van der Waals surface area contributed by atoms with E-state index in [-0.39, 0.29) is 11.8 Å². The number of amides is 1. The van der Waals surface area contributed by atoms with E-state index >= 15 is 0 Å². The predicted octanol–water partition coefficient (Wildman–Crippen LogP) is 5.46. The number of aromatic nitrogens is 3. The maximum atomic E-state index is 12.9. The fourth-order valence-corrected chi connectivity index (χ4v) is 5.47. The molecule has 0 spiro atoms. The second-order valence-electron chi connectivity index (χ2n) is 8.35. The molecule has 8 nitrogen and oxygen atoms in total. The molecule has 1 amide bonds. The molecule has 1 N–H and O–H groups in total. The number of carbonyl (C=O) groups excluding carboxylic acids is 1. The van der Waals surface area contributed by atoms with E-state index in [9.17, 15) is 4.79 Å². The number of carbonyl (C=O) groups is 1. The summed E-state index contributed by atoms with van der Waals surface area (Å²) in [7, 11) is 1.63. The number of benzene rings is 2. The lowest BCUT2D eigenvalue weighted by Crippen LogP contribution is -2.25. The minimum atomic E-state index is -0.214. The van der Waals surface area contributed by atoms with E-state index in [1.807, 2.05) is 50.2 Å². The van der Waals surface area contributed by atoms with Crippen molar-refractivity contribution in [3.05, 3.63) is 53.2 Å². The molecule has 35 heavy (non-hydrogen) atoms. The molecule has 2 aromatic carbocycles. The number of nitrogens with one attached hydrogen (secondary N) is 1. The van der Waals surface area contributed by atoms with Gasteiger partial charge in [0.05, 0.1) is 36.2 Å². The Morgan fingerprint density at radius 1 is 1.20 bits per heavy atom. The molecule has 182 valence electrons. The second-order valence-corrected chi connectivity index (χ2v) is 9.36. The van der Waals surface area contributed by atoms with Crippen LogP contribution in [0.15, 0.2) is 36.4 Å². The Labute approximate surface area is 207 Å². The number of methoxy groups -OCH3 is 1. The molecule has 5 rings (SSSR count). The lowest BCUT2D eigenvalue weighted by molar-refractivity contribution is -0.116. The zero-order valence-corrected chi connectivity index (χ0v) is 21.1. The summed E-state index contributed by atoms with van der Waals surface area (Å²) in [4.78, 5) is 17.7. The topological polar surface area (TPSA) is 87.5 Å². The lowest BCUT2D eigenvalue weighted by atomic mass is 9.85. The van der Waals surface area contributed by atoms with Crippen LogP contribution in [0.25, 0.3) is 15.3 Å². The fraction of sp³-hybridized carbons (Fsp3) is 0.346. The molecule has 1 aliphatic rings. The quantitative estimate of drug-likeness (QED) is 0.351. The van der Waals surface area contributed by atoms with Gasteiger partial charge in [0, 0.05) is 23.5 Å². The number of hydrogen-bond acceptors (Lipinski definition) is 7. The number of aryl methyl sites for hydroxylation is 1. The third kappa shape index (κ3) is 4.20. The summed E-state index contributed by atoms with van der Waals surface area (Å²) in [6, 6.07) is 11.7. The summed E-state index contributed by atoms with van der Waals surface area (Å²) in [5, 5.41) is 8.54. The summed E-state index contributed by atoms with van der Waals surface area (Å²) in [5.74, 6) is 2.50. The van der Waals surface area contributed by atoms with E-state index in [0.29, 0.717) is 42.1 Å². The van der Waals surface area contributed by atoms with Crippen LogP contribution in [0.2, 0.25) is 0 Å². The number of hydrogen-bond donors (Lipinski definition) is 1. The standard InChI is InChI=1S/C26H28N4O4S/c1-5-12-34-24-17(8-7-9-20(24)32-4)18-14-22(31)28-25-23(18)15(3)29-30(25)26-27-19-11-10-16(33-6-2)13-21(19)35-26/h7-11,13,18H,5-6,12,14H2,1-4H3,(H,28,31)/t18-/m1/s1. The van der Waals surface area contributed by atoms with Gasteiger partial charge in [-0.05, 0) is 44.5 Å². The van der Waals surface area contributed by atoms with Gasteiger partial charge < -0.3 is 19.5 Å². The van der Waals surface area contributed by atoms with Crippen LogP contribution in [-0.2, 0) is 4.79 Å². The molecule has 0 saturated heterocycles. The molecule has 0 fully saturated rings. The van der Waals surface area contributed by atoms with Crippen LogP contribution in [0.3, 0.4) is 0 Å². The predicted molar refractivity (Wildman–Crippen MR) is 137 cm³/mol. The Morgan fingerprint density at radius 3 is 2.83 bits per heavy atom. The third-order valence-electron chi connectivity index (χ3n) is 6.00. The maximum absolute atomic E-state index is 12.9. The van der Waals surface area contributed by atoms with E-state index < -0.39 is 0 Å². The van der Waals surface area contributed by atoms with Crippen molar-refractivity contribution in [3.8, 4) is 22.4 Å². The summed E-state index contributed by atoms with van der Waals surface area (Å²) in [6.45, 7) is 7.15. The smallest absolute Gasteiger partial charge is 0.226 e. The van der Waals surface area contributed by atoms with Gasteiger partial charge in [0.2, 0.25) is 11.0 Å². The van der Waals surface area contributed by atoms with Gasteiger partial charge in [0.15, 0.2) is 11.5 Å². The van der Waals surface area contributed by atoms with E-state index in [2.05, 4.69) is 12.2 Å². The van der Waals surface area contributed by atoms with Crippen LogP contribution in [0.1, 0.15) is 49.4 Å². The number of para-hydroxylation sites is 1. The van der Waals surface area contributed by atoms with E-state index in [0.717, 1.165) is 39.2 Å². The van der Waals surface area contributed by atoms with Crippen molar-refractivity contribution in [2.24, 2.45) is 0 Å². The average molecular weight is 493 g/mol. The molecule has 0 radical (unpaired) electrons. The van der Waals surface area contributed by atoms with Crippen molar-refractivity contribution >= 4 is 33.3 Å². The van der Waals surface area contributed by atoms with Crippen molar-refractivity contribution in [1.82, 2.24) is 14.8 Å². The molecule has 0 saturated carbocycles. The molecule has 0 bridgehead atoms. The van der Waals surface area contributed by atoms with Crippen LogP contribution in [-0.4, -0.2) is 41.0 Å². The lowest BCUT2D eigenvalue weighted by Gasteiger charge is -2.26. The Kier molecular flexibility index (Phi) is 6.34. The SMILES string of the molecule is CCCOc1c(OC)cccc1[C@H]1CC(=O)Nc2c1c(C)nn2-c1nc2ccc(OCC)cc2s1. The number of nitrogens with zero attached hydrogens (tertiary/aromatic N) is 3. The molecule has 0 unspecified atom stereocenters. The fourth-order valence-electron chi connectivity index (χ4n) is 4.52. The normalized spacial score (nSPS) is 15.1. The molecular formula is C26H28N4O4S. The van der Waals surface area contributed by atoms with Gasteiger partial charge in [0.25, 0.3) is 0 Å².